The second-order valence-corrected chi connectivity index (χ2v) is 8.63. The summed E-state index contributed by atoms with van der Waals surface area (Å²) in [6, 6.07) is 9.51. The fraction of sp³-hybridized carbons (Fsp3) is 0.609. The van der Waals surface area contributed by atoms with Gasteiger partial charge in [-0.25, -0.2) is 0 Å². The Morgan fingerprint density at radius 1 is 1.00 bits per heavy atom. The third-order valence-corrected chi connectivity index (χ3v) is 6.56. The van der Waals surface area contributed by atoms with E-state index in [1.54, 1.807) is 11.8 Å². The molecule has 7 heteroatoms. The molecule has 2 unspecified atom stereocenters. The van der Waals surface area contributed by atoms with Crippen LogP contribution in [0.1, 0.15) is 37.7 Å². The Morgan fingerprint density at radius 3 is 2.33 bits per heavy atom. The number of rotatable bonds is 5. The van der Waals surface area contributed by atoms with Gasteiger partial charge in [0.25, 0.3) is 0 Å². The highest BCUT2D eigenvalue weighted by atomic mass is 16.5. The molecule has 3 atom stereocenters. The van der Waals surface area contributed by atoms with Crippen LogP contribution in [0, 0.1) is 11.8 Å². The van der Waals surface area contributed by atoms with Gasteiger partial charge in [-0.05, 0) is 37.7 Å². The van der Waals surface area contributed by atoms with E-state index < -0.39 is 6.04 Å². The summed E-state index contributed by atoms with van der Waals surface area (Å²) in [5, 5.41) is 2.91. The van der Waals surface area contributed by atoms with Crippen LogP contribution in [-0.2, 0) is 19.1 Å². The summed E-state index contributed by atoms with van der Waals surface area (Å²) in [6.45, 7) is 5.41. The first-order valence-electron chi connectivity index (χ1n) is 11.0. The second-order valence-electron chi connectivity index (χ2n) is 8.63. The number of piperidine rings is 1. The Labute approximate surface area is 177 Å². The third-order valence-electron chi connectivity index (χ3n) is 6.56. The molecule has 1 aromatic rings. The van der Waals surface area contributed by atoms with E-state index in [2.05, 4.69) is 17.4 Å². The van der Waals surface area contributed by atoms with Gasteiger partial charge in [-0.2, -0.15) is 0 Å². The third kappa shape index (κ3) is 4.67. The number of nitrogens with zero attached hydrogens (tertiary/aromatic N) is 2. The van der Waals surface area contributed by atoms with Gasteiger partial charge in [0, 0.05) is 38.0 Å². The molecule has 2 aliphatic heterocycles. The van der Waals surface area contributed by atoms with E-state index in [1.807, 2.05) is 23.1 Å². The Bertz CT molecular complexity index is 770. The molecule has 3 amide bonds. The first-order chi connectivity index (χ1) is 14.5. The van der Waals surface area contributed by atoms with Crippen molar-refractivity contribution in [2.24, 2.45) is 11.8 Å². The van der Waals surface area contributed by atoms with Crippen molar-refractivity contribution >= 4 is 17.7 Å². The standard InChI is InChI=1S/C23H31N3O4/c1-16(24-21(27)20-15-19(20)17-5-3-2-4-6-17)22(28)25-9-7-18(8-10-25)23(29)26-11-13-30-14-12-26/h2-6,16,18-20H,7-15H2,1H3,(H,24,27)/t16-,19?,20?/m0/s1. The van der Waals surface area contributed by atoms with E-state index in [-0.39, 0.29) is 35.5 Å². The first kappa shape index (κ1) is 20.8. The van der Waals surface area contributed by atoms with Crippen LogP contribution in [-0.4, -0.2) is 73.0 Å². The van der Waals surface area contributed by atoms with Gasteiger partial charge in [-0.1, -0.05) is 30.3 Å². The molecule has 0 spiro atoms. The monoisotopic (exact) mass is 413 g/mol. The molecule has 162 valence electrons. The number of hydrogen-bond donors (Lipinski definition) is 1. The van der Waals surface area contributed by atoms with E-state index in [0.717, 1.165) is 6.42 Å². The average Bonchev–Trinajstić information content (AvgIpc) is 3.60. The molecule has 1 aliphatic carbocycles. The molecule has 30 heavy (non-hydrogen) atoms. The van der Waals surface area contributed by atoms with Crippen LogP contribution >= 0.6 is 0 Å². The summed E-state index contributed by atoms with van der Waals surface area (Å²) in [4.78, 5) is 41.7. The molecule has 7 nitrogen and oxygen atoms in total. The molecule has 1 saturated carbocycles. The number of carbonyl (C=O) groups is 3. The predicted octanol–water partition coefficient (Wildman–Crippen LogP) is 1.39. The quantitative estimate of drug-likeness (QED) is 0.791. The lowest BCUT2D eigenvalue weighted by Crippen LogP contribution is -2.51. The van der Waals surface area contributed by atoms with Gasteiger partial charge in [0.05, 0.1) is 13.2 Å². The van der Waals surface area contributed by atoms with Gasteiger partial charge in [-0.3, -0.25) is 14.4 Å². The van der Waals surface area contributed by atoms with Crippen LogP contribution in [0.4, 0.5) is 0 Å². The maximum Gasteiger partial charge on any atom is 0.244 e. The van der Waals surface area contributed by atoms with Crippen molar-refractivity contribution in [1.82, 2.24) is 15.1 Å². The van der Waals surface area contributed by atoms with Gasteiger partial charge in [-0.15, -0.1) is 0 Å². The Kier molecular flexibility index (Phi) is 6.37. The summed E-state index contributed by atoms with van der Waals surface area (Å²) in [7, 11) is 0. The number of morpholine rings is 1. The van der Waals surface area contributed by atoms with E-state index >= 15 is 0 Å². The van der Waals surface area contributed by atoms with Crippen molar-refractivity contribution in [2.75, 3.05) is 39.4 Å². The molecular formula is C23H31N3O4. The van der Waals surface area contributed by atoms with E-state index in [9.17, 15) is 14.4 Å². The minimum atomic E-state index is -0.541. The number of nitrogens with one attached hydrogen (secondary N) is 1. The lowest BCUT2D eigenvalue weighted by molar-refractivity contribution is -0.144. The molecule has 0 radical (unpaired) electrons. The first-order valence-corrected chi connectivity index (χ1v) is 11.0. The minimum absolute atomic E-state index is 0.0184. The number of amides is 3. The van der Waals surface area contributed by atoms with Crippen molar-refractivity contribution < 1.29 is 19.1 Å². The van der Waals surface area contributed by atoms with Gasteiger partial charge >= 0.3 is 0 Å². The molecule has 3 aliphatic rings. The number of carbonyl (C=O) groups excluding carboxylic acids is 3. The number of likely N-dealkylation sites (tertiary alicyclic amines) is 1. The molecule has 3 fully saturated rings. The van der Waals surface area contributed by atoms with Crippen LogP contribution in [0.25, 0.3) is 0 Å². The Balaban J connectivity index is 1.22. The molecule has 0 bridgehead atoms. The fourth-order valence-electron chi connectivity index (χ4n) is 4.60. The minimum Gasteiger partial charge on any atom is -0.378 e. The normalized spacial score (nSPS) is 25.5. The van der Waals surface area contributed by atoms with Crippen LogP contribution in [0.15, 0.2) is 30.3 Å². The summed E-state index contributed by atoms with van der Waals surface area (Å²) in [5.41, 5.74) is 1.18. The zero-order valence-corrected chi connectivity index (χ0v) is 17.6. The molecule has 2 heterocycles. The topological polar surface area (TPSA) is 79.0 Å². The predicted molar refractivity (Wildman–Crippen MR) is 112 cm³/mol. The fourth-order valence-corrected chi connectivity index (χ4v) is 4.60. The van der Waals surface area contributed by atoms with Crippen molar-refractivity contribution in [3.05, 3.63) is 35.9 Å². The van der Waals surface area contributed by atoms with E-state index in [0.29, 0.717) is 52.2 Å². The molecular weight excluding hydrogens is 382 g/mol. The van der Waals surface area contributed by atoms with Gasteiger partial charge in [0.1, 0.15) is 6.04 Å². The summed E-state index contributed by atoms with van der Waals surface area (Å²) < 4.78 is 5.32. The van der Waals surface area contributed by atoms with Gasteiger partial charge < -0.3 is 19.9 Å². The number of ether oxygens (including phenoxy) is 1. The number of hydrogen-bond acceptors (Lipinski definition) is 4. The number of benzene rings is 1. The molecule has 4 rings (SSSR count). The molecule has 1 aromatic carbocycles. The highest BCUT2D eigenvalue weighted by molar-refractivity contribution is 5.90. The Morgan fingerprint density at radius 2 is 1.67 bits per heavy atom. The van der Waals surface area contributed by atoms with Crippen LogP contribution in [0.5, 0.6) is 0 Å². The lowest BCUT2D eigenvalue weighted by atomic mass is 9.94. The maximum absolute atomic E-state index is 12.8. The summed E-state index contributed by atoms with van der Waals surface area (Å²) in [6.07, 6.45) is 2.20. The molecule has 1 N–H and O–H groups in total. The Hall–Kier alpha value is -2.41. The second kappa shape index (κ2) is 9.16. The average molecular weight is 414 g/mol. The molecule has 0 aromatic heterocycles. The summed E-state index contributed by atoms with van der Waals surface area (Å²) >= 11 is 0. The zero-order valence-electron chi connectivity index (χ0n) is 17.6. The van der Waals surface area contributed by atoms with Crippen molar-refractivity contribution in [1.29, 1.82) is 0 Å². The smallest absolute Gasteiger partial charge is 0.244 e. The van der Waals surface area contributed by atoms with Crippen molar-refractivity contribution in [3.8, 4) is 0 Å². The largest absolute Gasteiger partial charge is 0.378 e. The van der Waals surface area contributed by atoms with E-state index in [1.165, 1.54) is 5.56 Å². The van der Waals surface area contributed by atoms with Crippen molar-refractivity contribution in [2.45, 2.75) is 38.1 Å². The SMILES string of the molecule is C[C@H](NC(=O)C1CC1c1ccccc1)C(=O)N1CCC(C(=O)N2CCOCC2)CC1. The van der Waals surface area contributed by atoms with Gasteiger partial charge in [0.15, 0.2) is 0 Å². The van der Waals surface area contributed by atoms with E-state index in [4.69, 9.17) is 4.74 Å². The maximum atomic E-state index is 12.8. The van der Waals surface area contributed by atoms with Crippen molar-refractivity contribution in [3.63, 3.8) is 0 Å². The highest BCUT2D eigenvalue weighted by Crippen LogP contribution is 2.47. The van der Waals surface area contributed by atoms with Gasteiger partial charge in [0.2, 0.25) is 17.7 Å². The lowest BCUT2D eigenvalue weighted by Gasteiger charge is -2.36. The van der Waals surface area contributed by atoms with Crippen LogP contribution < -0.4 is 5.32 Å². The molecule has 2 saturated heterocycles. The summed E-state index contributed by atoms with van der Waals surface area (Å²) in [5.74, 6) is 0.289. The zero-order chi connectivity index (χ0) is 21.1. The van der Waals surface area contributed by atoms with Crippen LogP contribution in [0.3, 0.4) is 0 Å². The highest BCUT2D eigenvalue weighted by Gasteiger charge is 2.44. The van der Waals surface area contributed by atoms with Crippen LogP contribution in [0.2, 0.25) is 0 Å².